The lowest BCUT2D eigenvalue weighted by atomic mass is 9.68. The van der Waals surface area contributed by atoms with Gasteiger partial charge in [0.2, 0.25) is 0 Å². The minimum Gasteiger partial charge on any atom is -0.314 e. The Bertz CT molecular complexity index is 2370. The van der Waals surface area contributed by atoms with Gasteiger partial charge in [-0.1, -0.05) is 124 Å². The Morgan fingerprint density at radius 2 is 1.19 bits per heavy atom. The number of para-hydroxylation sites is 3. The molecule has 1 heterocycles. The highest BCUT2D eigenvalue weighted by Gasteiger charge is 2.47. The third kappa shape index (κ3) is 4.33. The van der Waals surface area contributed by atoms with E-state index in [-0.39, 0.29) is 5.41 Å². The second kappa shape index (κ2) is 11.0. The van der Waals surface area contributed by atoms with E-state index in [1.165, 1.54) is 72.4 Å². The van der Waals surface area contributed by atoms with Crippen LogP contribution in [0.25, 0.3) is 44.2 Å². The molecule has 2 atom stereocenters. The molecule has 0 spiro atoms. The van der Waals surface area contributed by atoms with Crippen molar-refractivity contribution in [3.63, 3.8) is 0 Å². The molecule has 0 bridgehead atoms. The van der Waals surface area contributed by atoms with Crippen molar-refractivity contribution in [3.8, 4) is 16.8 Å². The maximum Gasteiger partial charge on any atom is 0.0541 e. The van der Waals surface area contributed by atoms with Crippen LogP contribution in [0.5, 0.6) is 0 Å². The zero-order valence-corrected chi connectivity index (χ0v) is 27.6. The van der Waals surface area contributed by atoms with Crippen molar-refractivity contribution in [2.45, 2.75) is 26.2 Å². The van der Waals surface area contributed by atoms with Gasteiger partial charge >= 0.3 is 0 Å². The Hall–Kier alpha value is -5.60. The second-order valence-electron chi connectivity index (χ2n) is 13.9. The molecule has 2 aliphatic rings. The van der Waals surface area contributed by atoms with Crippen LogP contribution in [-0.4, -0.2) is 4.57 Å². The number of anilines is 2. The molecule has 48 heavy (non-hydrogen) atoms. The molecule has 2 heteroatoms. The first kappa shape index (κ1) is 28.6. The smallest absolute Gasteiger partial charge is 0.0541 e. The summed E-state index contributed by atoms with van der Waals surface area (Å²) in [7, 11) is 0. The summed E-state index contributed by atoms with van der Waals surface area (Å²) in [5.74, 6) is 0.738. The monoisotopic (exact) mass is 618 g/mol. The topological polar surface area (TPSA) is 8.17 Å². The van der Waals surface area contributed by atoms with Crippen LogP contribution < -0.4 is 4.90 Å². The van der Waals surface area contributed by atoms with E-state index in [4.69, 9.17) is 0 Å². The number of hydrogen-bond donors (Lipinski definition) is 0. The lowest BCUT2D eigenvalue weighted by Gasteiger charge is -2.41. The van der Waals surface area contributed by atoms with E-state index in [9.17, 15) is 0 Å². The second-order valence-corrected chi connectivity index (χ2v) is 13.9. The summed E-state index contributed by atoms with van der Waals surface area (Å²) in [6.45, 7) is 7.27. The molecule has 0 radical (unpaired) electrons. The lowest BCUT2D eigenvalue weighted by Crippen LogP contribution is -2.35. The van der Waals surface area contributed by atoms with Crippen LogP contribution in [0.2, 0.25) is 0 Å². The van der Waals surface area contributed by atoms with Gasteiger partial charge in [0.25, 0.3) is 0 Å². The van der Waals surface area contributed by atoms with Crippen LogP contribution in [0.15, 0.2) is 170 Å². The Labute approximate surface area is 282 Å². The molecule has 7 aromatic rings. The average molecular weight is 619 g/mol. The Kier molecular flexibility index (Phi) is 6.55. The number of fused-ring (bicyclic) bond motifs is 6. The van der Waals surface area contributed by atoms with Crippen molar-refractivity contribution in [1.82, 2.24) is 4.57 Å². The minimum atomic E-state index is 0.0514. The standard InChI is InChI=1S/C46H38N2/c1-31-42(29-27-39-37-18-10-12-20-41(37)46(2,3)45(31)39)47(34-14-6-4-7-15-34)36-25-22-32(23-26-36)33-24-28-44-40(30-33)38-19-11-13-21-43(38)48(44)35-16-8-5-9-17-35/h4-31,45H,1-3H3. The van der Waals surface area contributed by atoms with Gasteiger partial charge < -0.3 is 9.47 Å². The fraction of sp³-hybridized carbons (Fsp3) is 0.130. The molecule has 0 fully saturated rings. The number of nitrogens with zero attached hydrogens (tertiary/aromatic N) is 2. The predicted molar refractivity (Wildman–Crippen MR) is 203 cm³/mol. The first-order valence-electron chi connectivity index (χ1n) is 17.1. The van der Waals surface area contributed by atoms with Crippen LogP contribution >= 0.6 is 0 Å². The highest BCUT2D eigenvalue weighted by atomic mass is 15.2. The highest BCUT2D eigenvalue weighted by Crippen LogP contribution is 2.56. The zero-order chi connectivity index (χ0) is 32.4. The first-order valence-corrected chi connectivity index (χ1v) is 17.1. The molecule has 2 unspecified atom stereocenters. The molecule has 6 aromatic carbocycles. The maximum absolute atomic E-state index is 2.47. The third-order valence-corrected chi connectivity index (χ3v) is 10.9. The molecule has 0 saturated heterocycles. The molecule has 2 nitrogen and oxygen atoms in total. The number of benzene rings is 6. The number of aromatic nitrogens is 1. The Morgan fingerprint density at radius 1 is 0.562 bits per heavy atom. The summed E-state index contributed by atoms with van der Waals surface area (Å²) in [5, 5.41) is 2.54. The van der Waals surface area contributed by atoms with Gasteiger partial charge in [-0.3, -0.25) is 0 Å². The Morgan fingerprint density at radius 3 is 1.98 bits per heavy atom. The molecule has 0 aliphatic heterocycles. The van der Waals surface area contributed by atoms with Crippen LogP contribution in [0, 0.1) is 11.8 Å². The van der Waals surface area contributed by atoms with Gasteiger partial charge in [0.1, 0.15) is 0 Å². The summed E-state index contributed by atoms with van der Waals surface area (Å²) in [6, 6.07) is 55.3. The Balaban J connectivity index is 1.12. The summed E-state index contributed by atoms with van der Waals surface area (Å²) in [6.07, 6.45) is 4.75. The number of rotatable bonds is 5. The quantitative estimate of drug-likeness (QED) is 0.186. The maximum atomic E-state index is 2.47. The normalized spacial score (nSPS) is 17.9. The van der Waals surface area contributed by atoms with Crippen molar-refractivity contribution in [2.24, 2.45) is 11.8 Å². The minimum absolute atomic E-state index is 0.0514. The summed E-state index contributed by atoms with van der Waals surface area (Å²) >= 11 is 0. The van der Waals surface area contributed by atoms with Gasteiger partial charge in [0.15, 0.2) is 0 Å². The molecule has 2 aliphatic carbocycles. The first-order chi connectivity index (χ1) is 23.5. The summed E-state index contributed by atoms with van der Waals surface area (Å²) < 4.78 is 2.37. The van der Waals surface area contributed by atoms with Gasteiger partial charge in [-0.2, -0.15) is 0 Å². The van der Waals surface area contributed by atoms with Crippen LogP contribution in [0.4, 0.5) is 11.4 Å². The molecule has 0 N–H and O–H groups in total. The summed E-state index contributed by atoms with van der Waals surface area (Å²) in [5.41, 5.74) is 14.2. The SMILES string of the molecule is CC1C(N(c2ccccc2)c2ccc(-c3ccc4c(c3)c3ccccc3n4-c3ccccc3)cc2)=CC=C2c3ccccc3C(C)(C)C21. The van der Waals surface area contributed by atoms with Gasteiger partial charge in [0.05, 0.1) is 11.0 Å². The highest BCUT2D eigenvalue weighted by molar-refractivity contribution is 6.10. The number of allylic oxidation sites excluding steroid dienone is 4. The fourth-order valence-corrected chi connectivity index (χ4v) is 8.72. The number of hydrogen-bond acceptors (Lipinski definition) is 1. The lowest BCUT2D eigenvalue weighted by molar-refractivity contribution is 0.334. The van der Waals surface area contributed by atoms with Crippen molar-refractivity contribution in [2.75, 3.05) is 4.90 Å². The van der Waals surface area contributed by atoms with Crippen LogP contribution in [0.3, 0.4) is 0 Å². The zero-order valence-electron chi connectivity index (χ0n) is 27.6. The molecule has 1 aromatic heterocycles. The molecule has 0 saturated carbocycles. The van der Waals surface area contributed by atoms with E-state index in [2.05, 4.69) is 194 Å². The fourth-order valence-electron chi connectivity index (χ4n) is 8.72. The van der Waals surface area contributed by atoms with Crippen LogP contribution in [0.1, 0.15) is 31.9 Å². The van der Waals surface area contributed by atoms with Gasteiger partial charge in [-0.15, -0.1) is 0 Å². The van der Waals surface area contributed by atoms with Crippen molar-refractivity contribution in [3.05, 3.63) is 181 Å². The van der Waals surface area contributed by atoms with Crippen LogP contribution in [-0.2, 0) is 5.41 Å². The molecular formula is C46H38N2. The molecule has 0 amide bonds. The van der Waals surface area contributed by atoms with Crippen molar-refractivity contribution in [1.29, 1.82) is 0 Å². The molecule has 232 valence electrons. The van der Waals surface area contributed by atoms with Crippen molar-refractivity contribution >= 4 is 38.8 Å². The van der Waals surface area contributed by atoms with E-state index < -0.39 is 0 Å². The molecular weight excluding hydrogens is 581 g/mol. The van der Waals surface area contributed by atoms with E-state index in [0.29, 0.717) is 11.8 Å². The van der Waals surface area contributed by atoms with Gasteiger partial charge in [0, 0.05) is 45.4 Å². The van der Waals surface area contributed by atoms with Crippen molar-refractivity contribution < 1.29 is 0 Å². The third-order valence-electron chi connectivity index (χ3n) is 10.9. The van der Waals surface area contributed by atoms with E-state index in [1.54, 1.807) is 0 Å². The van der Waals surface area contributed by atoms with Gasteiger partial charge in [-0.05, 0) is 93.9 Å². The average Bonchev–Trinajstić information content (AvgIpc) is 3.59. The van der Waals surface area contributed by atoms with Gasteiger partial charge in [-0.25, -0.2) is 0 Å². The molecule has 9 rings (SSSR count). The van der Waals surface area contributed by atoms with E-state index in [1.807, 2.05) is 0 Å². The predicted octanol–water partition coefficient (Wildman–Crippen LogP) is 12.1. The largest absolute Gasteiger partial charge is 0.314 e. The summed E-state index contributed by atoms with van der Waals surface area (Å²) in [4.78, 5) is 2.47. The van der Waals surface area contributed by atoms with E-state index >= 15 is 0 Å². The van der Waals surface area contributed by atoms with E-state index in [0.717, 1.165) is 0 Å².